The highest BCUT2D eigenvalue weighted by Crippen LogP contribution is 2.30. The molecule has 0 aliphatic heterocycles. The van der Waals surface area contributed by atoms with E-state index < -0.39 is 17.3 Å². The fourth-order valence-electron chi connectivity index (χ4n) is 2.00. The third kappa shape index (κ3) is 3.30. The van der Waals surface area contributed by atoms with Gasteiger partial charge in [0, 0.05) is 0 Å². The summed E-state index contributed by atoms with van der Waals surface area (Å²) < 4.78 is 38.3. The predicted octanol–water partition coefficient (Wildman–Crippen LogP) is 4.74. The molecule has 0 fully saturated rings. The molecular formula is C15H8ClF3N2OS. The van der Waals surface area contributed by atoms with Crippen LogP contribution in [0.2, 0.25) is 0 Å². The number of aromatic nitrogens is 2. The number of rotatable bonds is 2. The first-order chi connectivity index (χ1) is 10.8. The summed E-state index contributed by atoms with van der Waals surface area (Å²) in [5, 5.41) is 3.90. The lowest BCUT2D eigenvalue weighted by Crippen LogP contribution is -2.12. The van der Waals surface area contributed by atoms with Gasteiger partial charge in [-0.15, -0.1) is 0 Å². The minimum absolute atomic E-state index is 0.0229. The number of hydrogen-bond acceptors (Lipinski definition) is 3. The second-order valence-electron chi connectivity index (χ2n) is 4.69. The van der Waals surface area contributed by atoms with Crippen molar-refractivity contribution in [3.63, 3.8) is 0 Å². The van der Waals surface area contributed by atoms with Gasteiger partial charge in [0.25, 0.3) is 5.56 Å². The molecule has 0 bridgehead atoms. The highest BCUT2D eigenvalue weighted by Gasteiger charge is 2.30. The molecule has 0 unspecified atom stereocenters. The summed E-state index contributed by atoms with van der Waals surface area (Å²) in [5.41, 5.74) is -0.662. The van der Waals surface area contributed by atoms with Crippen LogP contribution < -0.4 is 5.56 Å². The van der Waals surface area contributed by atoms with E-state index >= 15 is 0 Å². The molecule has 1 N–H and O–H groups in total. The first-order valence-corrected chi connectivity index (χ1v) is 7.68. The Kier molecular flexibility index (Phi) is 3.99. The molecule has 2 heterocycles. The van der Waals surface area contributed by atoms with Gasteiger partial charge in [0.2, 0.25) is 0 Å². The molecular weight excluding hydrogens is 349 g/mol. The van der Waals surface area contributed by atoms with E-state index in [0.717, 1.165) is 23.8 Å². The lowest BCUT2D eigenvalue weighted by molar-refractivity contribution is -0.137. The van der Waals surface area contributed by atoms with Gasteiger partial charge in [-0.1, -0.05) is 11.6 Å². The zero-order chi connectivity index (χ0) is 16.6. The van der Waals surface area contributed by atoms with Gasteiger partial charge >= 0.3 is 6.18 Å². The van der Waals surface area contributed by atoms with Gasteiger partial charge in [-0.2, -0.15) is 24.5 Å². The Morgan fingerprint density at radius 3 is 2.74 bits per heavy atom. The van der Waals surface area contributed by atoms with E-state index in [1.54, 1.807) is 6.08 Å². The first-order valence-electron chi connectivity index (χ1n) is 6.35. The molecule has 0 spiro atoms. The Labute approximate surface area is 137 Å². The lowest BCUT2D eigenvalue weighted by atomic mass is 10.1. The largest absolute Gasteiger partial charge is 0.416 e. The van der Waals surface area contributed by atoms with Crippen molar-refractivity contribution in [3.05, 3.63) is 62.3 Å². The SMILES string of the molecule is O=c1[nH]c(C(Cl)=Cc2ccsc2)nc2cc(C(F)(F)F)ccc12. The molecule has 0 amide bonds. The van der Waals surface area contributed by atoms with Crippen LogP contribution in [0.5, 0.6) is 0 Å². The molecule has 1 aromatic carbocycles. The molecule has 3 aromatic rings. The quantitative estimate of drug-likeness (QED) is 0.720. The van der Waals surface area contributed by atoms with E-state index in [-0.39, 0.29) is 21.8 Å². The molecule has 3 rings (SSSR count). The second-order valence-corrected chi connectivity index (χ2v) is 5.88. The number of nitrogens with zero attached hydrogens (tertiary/aromatic N) is 1. The van der Waals surface area contributed by atoms with Crippen LogP contribution in [0.1, 0.15) is 17.0 Å². The van der Waals surface area contributed by atoms with Crippen molar-refractivity contribution in [2.45, 2.75) is 6.18 Å². The molecule has 3 nitrogen and oxygen atoms in total. The van der Waals surface area contributed by atoms with Gasteiger partial charge in [0.1, 0.15) is 0 Å². The molecule has 0 atom stereocenters. The minimum Gasteiger partial charge on any atom is -0.305 e. The van der Waals surface area contributed by atoms with Crippen molar-refractivity contribution < 1.29 is 13.2 Å². The van der Waals surface area contributed by atoms with Gasteiger partial charge in [-0.05, 0) is 46.7 Å². The fourth-order valence-corrected chi connectivity index (χ4v) is 2.83. The van der Waals surface area contributed by atoms with E-state index in [9.17, 15) is 18.0 Å². The van der Waals surface area contributed by atoms with Crippen LogP contribution in [-0.2, 0) is 6.18 Å². The van der Waals surface area contributed by atoms with E-state index in [0.29, 0.717) is 0 Å². The molecule has 0 radical (unpaired) electrons. The summed E-state index contributed by atoms with van der Waals surface area (Å²) in [5.74, 6) is 0.0229. The predicted molar refractivity (Wildman–Crippen MR) is 85.4 cm³/mol. The van der Waals surface area contributed by atoms with Crippen molar-refractivity contribution in [1.82, 2.24) is 9.97 Å². The van der Waals surface area contributed by atoms with Crippen LogP contribution in [-0.4, -0.2) is 9.97 Å². The maximum Gasteiger partial charge on any atom is 0.416 e. The molecule has 0 aliphatic carbocycles. The summed E-state index contributed by atoms with van der Waals surface area (Å²) in [6, 6.07) is 4.60. The van der Waals surface area contributed by atoms with Crippen LogP contribution in [0.25, 0.3) is 22.0 Å². The van der Waals surface area contributed by atoms with Gasteiger partial charge < -0.3 is 4.98 Å². The van der Waals surface area contributed by atoms with Crippen LogP contribution in [0.4, 0.5) is 13.2 Å². The van der Waals surface area contributed by atoms with Gasteiger partial charge in [-0.25, -0.2) is 4.98 Å². The maximum absolute atomic E-state index is 12.8. The summed E-state index contributed by atoms with van der Waals surface area (Å²) in [6.45, 7) is 0. The van der Waals surface area contributed by atoms with Crippen LogP contribution in [0.3, 0.4) is 0 Å². The number of alkyl halides is 3. The Bertz CT molecular complexity index is 946. The first kappa shape index (κ1) is 15.8. The Balaban J connectivity index is 2.14. The molecule has 118 valence electrons. The fraction of sp³-hybridized carbons (Fsp3) is 0.0667. The number of nitrogens with one attached hydrogen (secondary N) is 1. The topological polar surface area (TPSA) is 45.8 Å². The lowest BCUT2D eigenvalue weighted by Gasteiger charge is -2.08. The number of thiophene rings is 1. The van der Waals surface area contributed by atoms with E-state index in [1.165, 1.54) is 11.3 Å². The highest BCUT2D eigenvalue weighted by atomic mass is 35.5. The van der Waals surface area contributed by atoms with Crippen molar-refractivity contribution in [2.24, 2.45) is 0 Å². The van der Waals surface area contributed by atoms with Crippen LogP contribution in [0, 0.1) is 0 Å². The second kappa shape index (κ2) is 5.82. The molecule has 0 saturated heterocycles. The van der Waals surface area contributed by atoms with E-state index in [4.69, 9.17) is 11.6 Å². The highest BCUT2D eigenvalue weighted by molar-refractivity contribution is 7.08. The number of hydrogen-bond donors (Lipinski definition) is 1. The molecule has 23 heavy (non-hydrogen) atoms. The number of H-pyrrole nitrogens is 1. The minimum atomic E-state index is -4.51. The summed E-state index contributed by atoms with van der Waals surface area (Å²) in [6.07, 6.45) is -2.93. The molecule has 0 saturated carbocycles. The van der Waals surface area contributed by atoms with E-state index in [2.05, 4.69) is 9.97 Å². The molecule has 0 aliphatic rings. The van der Waals surface area contributed by atoms with E-state index in [1.807, 2.05) is 16.8 Å². The zero-order valence-corrected chi connectivity index (χ0v) is 12.9. The summed E-state index contributed by atoms with van der Waals surface area (Å²) >= 11 is 7.58. The van der Waals surface area contributed by atoms with Gasteiger partial charge in [0.05, 0.1) is 21.5 Å². The Morgan fingerprint density at radius 2 is 2.09 bits per heavy atom. The standard InChI is InChI=1S/C15H8ClF3N2OS/c16-11(5-8-3-4-23-7-8)13-20-12-6-9(15(17,18)19)1-2-10(12)14(22)21-13/h1-7H,(H,20,21,22). The van der Waals surface area contributed by atoms with Crippen molar-refractivity contribution in [1.29, 1.82) is 0 Å². The third-order valence-corrected chi connectivity index (χ3v) is 4.09. The van der Waals surface area contributed by atoms with Crippen molar-refractivity contribution in [3.8, 4) is 0 Å². The van der Waals surface area contributed by atoms with Crippen LogP contribution in [0.15, 0.2) is 39.8 Å². The average Bonchev–Trinajstić information content (AvgIpc) is 2.98. The zero-order valence-electron chi connectivity index (χ0n) is 11.3. The summed E-state index contributed by atoms with van der Waals surface area (Å²) in [7, 11) is 0. The Morgan fingerprint density at radius 1 is 1.30 bits per heavy atom. The van der Waals surface area contributed by atoms with Gasteiger partial charge in [0.15, 0.2) is 5.82 Å². The molecule has 2 aromatic heterocycles. The normalized spacial score (nSPS) is 12.8. The number of benzene rings is 1. The van der Waals surface area contributed by atoms with Crippen molar-refractivity contribution in [2.75, 3.05) is 0 Å². The van der Waals surface area contributed by atoms with Crippen LogP contribution >= 0.6 is 22.9 Å². The number of fused-ring (bicyclic) bond motifs is 1. The Hall–Kier alpha value is -2.12. The van der Waals surface area contributed by atoms with Gasteiger partial charge in [-0.3, -0.25) is 4.79 Å². The smallest absolute Gasteiger partial charge is 0.305 e. The number of halogens is 4. The van der Waals surface area contributed by atoms with Crippen molar-refractivity contribution >= 4 is 44.9 Å². The summed E-state index contributed by atoms with van der Waals surface area (Å²) in [4.78, 5) is 18.5. The molecule has 8 heteroatoms. The average molecular weight is 357 g/mol. The number of aromatic amines is 1. The monoisotopic (exact) mass is 356 g/mol. The third-order valence-electron chi connectivity index (χ3n) is 3.10. The maximum atomic E-state index is 12.8.